The van der Waals surface area contributed by atoms with Gasteiger partial charge in [0.25, 0.3) is 0 Å². The molecule has 0 aromatic heterocycles. The SMILES string of the molecule is Clc1cccc(N2Cc3cc4c(cc3C2)CN(c2cccc(Cl)c2)C4)c1. The van der Waals surface area contributed by atoms with E-state index in [1.54, 1.807) is 0 Å². The van der Waals surface area contributed by atoms with Crippen molar-refractivity contribution in [2.24, 2.45) is 0 Å². The van der Waals surface area contributed by atoms with Gasteiger partial charge in [0.2, 0.25) is 0 Å². The molecule has 26 heavy (non-hydrogen) atoms. The minimum Gasteiger partial charge on any atom is -0.363 e. The number of rotatable bonds is 2. The fourth-order valence-electron chi connectivity index (χ4n) is 4.03. The Labute approximate surface area is 163 Å². The summed E-state index contributed by atoms with van der Waals surface area (Å²) < 4.78 is 0. The van der Waals surface area contributed by atoms with E-state index in [2.05, 4.69) is 34.1 Å². The Hall–Kier alpha value is -2.16. The van der Waals surface area contributed by atoms with E-state index in [9.17, 15) is 0 Å². The van der Waals surface area contributed by atoms with Crippen LogP contribution in [0.3, 0.4) is 0 Å². The molecule has 0 amide bonds. The van der Waals surface area contributed by atoms with Crippen LogP contribution < -0.4 is 9.80 Å². The van der Waals surface area contributed by atoms with E-state index in [-0.39, 0.29) is 0 Å². The normalized spacial score (nSPS) is 15.3. The van der Waals surface area contributed by atoms with Gasteiger partial charge in [0.15, 0.2) is 0 Å². The monoisotopic (exact) mass is 380 g/mol. The first-order valence-electron chi connectivity index (χ1n) is 8.80. The van der Waals surface area contributed by atoms with Crippen LogP contribution in [0.25, 0.3) is 0 Å². The first-order chi connectivity index (χ1) is 12.7. The zero-order valence-electron chi connectivity index (χ0n) is 14.3. The molecule has 3 aromatic rings. The summed E-state index contributed by atoms with van der Waals surface area (Å²) in [4.78, 5) is 4.78. The molecule has 0 bridgehead atoms. The topological polar surface area (TPSA) is 6.48 Å². The average molecular weight is 381 g/mol. The number of nitrogens with zero attached hydrogens (tertiary/aromatic N) is 2. The number of anilines is 2. The van der Waals surface area contributed by atoms with Gasteiger partial charge in [0.05, 0.1) is 0 Å². The van der Waals surface area contributed by atoms with Gasteiger partial charge in [-0.3, -0.25) is 0 Å². The van der Waals surface area contributed by atoms with Crippen LogP contribution in [0.2, 0.25) is 10.0 Å². The molecule has 2 aliphatic heterocycles. The lowest BCUT2D eigenvalue weighted by Crippen LogP contribution is -2.15. The number of hydrogen-bond donors (Lipinski definition) is 0. The molecule has 2 nitrogen and oxygen atoms in total. The quantitative estimate of drug-likeness (QED) is 0.535. The predicted molar refractivity (Wildman–Crippen MR) is 109 cm³/mol. The van der Waals surface area contributed by atoms with Crippen LogP contribution in [0.5, 0.6) is 0 Å². The standard InChI is InChI=1S/C22H18Cl2N2/c23-19-3-1-5-21(9-19)25-11-15-7-17-13-26(14-18(17)8-16(15)12-25)22-6-2-4-20(24)10-22/h1-10H,11-14H2. The molecule has 2 heterocycles. The smallest absolute Gasteiger partial charge is 0.0436 e. The Morgan fingerprint density at radius 1 is 0.538 bits per heavy atom. The summed E-state index contributed by atoms with van der Waals surface area (Å²) in [5.41, 5.74) is 8.09. The number of halogens is 2. The van der Waals surface area contributed by atoms with Crippen LogP contribution in [0, 0.1) is 0 Å². The van der Waals surface area contributed by atoms with E-state index in [1.807, 2.05) is 36.4 Å². The van der Waals surface area contributed by atoms with Crippen molar-refractivity contribution in [3.63, 3.8) is 0 Å². The molecule has 5 rings (SSSR count). The highest BCUT2D eigenvalue weighted by Crippen LogP contribution is 2.36. The Balaban J connectivity index is 1.39. The van der Waals surface area contributed by atoms with Crippen LogP contribution in [-0.2, 0) is 26.2 Å². The predicted octanol–water partition coefficient (Wildman–Crippen LogP) is 6.03. The summed E-state index contributed by atoms with van der Waals surface area (Å²) >= 11 is 12.3. The lowest BCUT2D eigenvalue weighted by Gasteiger charge is -2.18. The van der Waals surface area contributed by atoms with Gasteiger partial charge in [0, 0.05) is 47.6 Å². The minimum atomic E-state index is 0.790. The summed E-state index contributed by atoms with van der Waals surface area (Å²) in [6, 6.07) is 21.0. The molecule has 4 heteroatoms. The molecular weight excluding hydrogens is 363 g/mol. The summed E-state index contributed by atoms with van der Waals surface area (Å²) in [6.45, 7) is 3.78. The maximum Gasteiger partial charge on any atom is 0.0436 e. The zero-order chi connectivity index (χ0) is 17.7. The molecule has 0 N–H and O–H groups in total. The minimum absolute atomic E-state index is 0.790. The highest BCUT2D eigenvalue weighted by molar-refractivity contribution is 6.31. The van der Waals surface area contributed by atoms with Gasteiger partial charge in [-0.15, -0.1) is 0 Å². The van der Waals surface area contributed by atoms with E-state index in [1.165, 1.54) is 33.6 Å². The second kappa shape index (κ2) is 6.22. The molecule has 3 aromatic carbocycles. The number of fused-ring (bicyclic) bond motifs is 2. The second-order valence-electron chi connectivity index (χ2n) is 7.06. The number of hydrogen-bond acceptors (Lipinski definition) is 2. The van der Waals surface area contributed by atoms with Crippen LogP contribution in [0.4, 0.5) is 11.4 Å². The van der Waals surface area contributed by atoms with E-state index >= 15 is 0 Å². The molecule has 130 valence electrons. The Bertz CT molecular complexity index is 887. The van der Waals surface area contributed by atoms with E-state index < -0.39 is 0 Å². The molecular formula is C22H18Cl2N2. The largest absolute Gasteiger partial charge is 0.363 e. The van der Waals surface area contributed by atoms with Crippen LogP contribution in [-0.4, -0.2) is 0 Å². The molecule has 0 aliphatic carbocycles. The van der Waals surface area contributed by atoms with Crippen molar-refractivity contribution in [3.8, 4) is 0 Å². The van der Waals surface area contributed by atoms with Crippen molar-refractivity contribution in [3.05, 3.63) is 93.0 Å². The van der Waals surface area contributed by atoms with Gasteiger partial charge in [0.1, 0.15) is 0 Å². The Morgan fingerprint density at radius 2 is 0.923 bits per heavy atom. The van der Waals surface area contributed by atoms with E-state index in [0.717, 1.165) is 36.2 Å². The highest BCUT2D eigenvalue weighted by atomic mass is 35.5. The first kappa shape index (κ1) is 16.0. The van der Waals surface area contributed by atoms with Gasteiger partial charge in [-0.2, -0.15) is 0 Å². The zero-order valence-corrected chi connectivity index (χ0v) is 15.8. The third-order valence-corrected chi connectivity index (χ3v) is 5.78. The van der Waals surface area contributed by atoms with Crippen molar-refractivity contribution in [1.29, 1.82) is 0 Å². The summed E-state index contributed by atoms with van der Waals surface area (Å²) in [5.74, 6) is 0. The highest BCUT2D eigenvalue weighted by Gasteiger charge is 2.26. The molecule has 0 radical (unpaired) electrons. The first-order valence-corrected chi connectivity index (χ1v) is 9.56. The third-order valence-electron chi connectivity index (χ3n) is 5.31. The maximum absolute atomic E-state index is 6.16. The lowest BCUT2D eigenvalue weighted by atomic mass is 10.0. The molecule has 0 saturated carbocycles. The van der Waals surface area contributed by atoms with Crippen LogP contribution >= 0.6 is 23.2 Å². The summed E-state index contributed by atoms with van der Waals surface area (Å²) in [6.07, 6.45) is 0. The molecule has 0 spiro atoms. The van der Waals surface area contributed by atoms with Gasteiger partial charge < -0.3 is 9.80 Å². The molecule has 0 fully saturated rings. The number of benzene rings is 3. The average Bonchev–Trinajstić information content (AvgIpc) is 3.22. The Morgan fingerprint density at radius 3 is 1.27 bits per heavy atom. The van der Waals surface area contributed by atoms with Crippen LogP contribution in [0.1, 0.15) is 22.3 Å². The fourth-order valence-corrected chi connectivity index (χ4v) is 4.39. The van der Waals surface area contributed by atoms with Gasteiger partial charge in [-0.05, 0) is 58.7 Å². The molecule has 2 aliphatic rings. The third kappa shape index (κ3) is 2.84. The fraction of sp³-hybridized carbons (Fsp3) is 0.182. The van der Waals surface area contributed by atoms with Crippen molar-refractivity contribution >= 4 is 34.6 Å². The van der Waals surface area contributed by atoms with Crippen LogP contribution in [0.15, 0.2) is 60.7 Å². The van der Waals surface area contributed by atoms with Crippen molar-refractivity contribution in [2.45, 2.75) is 26.2 Å². The molecule has 0 atom stereocenters. The van der Waals surface area contributed by atoms with Gasteiger partial charge in [-0.25, -0.2) is 0 Å². The van der Waals surface area contributed by atoms with E-state index in [0.29, 0.717) is 0 Å². The van der Waals surface area contributed by atoms with Gasteiger partial charge >= 0.3 is 0 Å². The second-order valence-corrected chi connectivity index (χ2v) is 7.93. The Kier molecular flexibility index (Phi) is 3.84. The molecule has 0 unspecified atom stereocenters. The van der Waals surface area contributed by atoms with Crippen molar-refractivity contribution in [2.75, 3.05) is 9.80 Å². The summed E-state index contributed by atoms with van der Waals surface area (Å²) in [5, 5.41) is 1.58. The van der Waals surface area contributed by atoms with E-state index in [4.69, 9.17) is 23.2 Å². The van der Waals surface area contributed by atoms with Crippen molar-refractivity contribution in [1.82, 2.24) is 0 Å². The summed E-state index contributed by atoms with van der Waals surface area (Å²) in [7, 11) is 0. The maximum atomic E-state index is 6.16. The van der Waals surface area contributed by atoms with Gasteiger partial charge in [-0.1, -0.05) is 47.5 Å². The molecule has 0 saturated heterocycles. The lowest BCUT2D eigenvalue weighted by molar-refractivity contribution is 0.868. The van der Waals surface area contributed by atoms with Crippen molar-refractivity contribution < 1.29 is 0 Å².